The molecule has 20 heavy (non-hydrogen) atoms. The zero-order chi connectivity index (χ0) is 14.5. The van der Waals surface area contributed by atoms with E-state index in [1.165, 1.54) is 5.56 Å². The van der Waals surface area contributed by atoms with Crippen LogP contribution in [0.15, 0.2) is 36.6 Å². The van der Waals surface area contributed by atoms with Crippen LogP contribution in [-0.2, 0) is 11.8 Å². The highest BCUT2D eigenvalue weighted by Gasteiger charge is 2.11. The molecule has 0 aliphatic rings. The van der Waals surface area contributed by atoms with E-state index in [0.29, 0.717) is 18.4 Å². The summed E-state index contributed by atoms with van der Waals surface area (Å²) in [5.41, 5.74) is 2.19. The number of aromatic nitrogens is 3. The third-order valence-corrected chi connectivity index (χ3v) is 2.73. The maximum absolute atomic E-state index is 5.47. The highest BCUT2D eigenvalue weighted by atomic mass is 16.5. The molecule has 0 unspecified atom stereocenters. The molecule has 1 heterocycles. The third kappa shape index (κ3) is 3.38. The molecule has 0 spiro atoms. The fourth-order valence-corrected chi connectivity index (χ4v) is 1.85. The number of ether oxygens (including phenoxy) is 2. The van der Waals surface area contributed by atoms with Gasteiger partial charge in [-0.05, 0) is 19.9 Å². The molecule has 0 aliphatic carbocycles. The summed E-state index contributed by atoms with van der Waals surface area (Å²) in [7, 11) is 1.84. The fourth-order valence-electron chi connectivity index (χ4n) is 1.85. The predicted molar refractivity (Wildman–Crippen MR) is 77.4 cm³/mol. The maximum Gasteiger partial charge on any atom is 0.336 e. The summed E-state index contributed by atoms with van der Waals surface area (Å²) in [6, 6.07) is 8.43. The van der Waals surface area contributed by atoms with Crippen LogP contribution in [0.4, 0.5) is 0 Å². The molecule has 5 nitrogen and oxygen atoms in total. The quantitative estimate of drug-likeness (QED) is 0.759. The van der Waals surface area contributed by atoms with Crippen LogP contribution in [0.25, 0.3) is 11.4 Å². The average Bonchev–Trinajstić information content (AvgIpc) is 2.78. The van der Waals surface area contributed by atoms with Crippen LogP contribution in [-0.4, -0.2) is 28.0 Å². The van der Waals surface area contributed by atoms with E-state index in [4.69, 9.17) is 9.47 Å². The number of aryl methyl sites for hydroxylation is 2. The number of nitrogens with zero attached hydrogens (tertiary/aromatic N) is 3. The molecule has 5 heteroatoms. The molecule has 0 saturated carbocycles. The summed E-state index contributed by atoms with van der Waals surface area (Å²) in [6.07, 6.45) is 0. The molecule has 2 aromatic rings. The molecule has 0 bridgehead atoms. The minimum Gasteiger partial charge on any atom is -0.495 e. The summed E-state index contributed by atoms with van der Waals surface area (Å²) in [6.45, 7) is 8.53. The van der Waals surface area contributed by atoms with Crippen molar-refractivity contribution in [3.63, 3.8) is 0 Å². The Labute approximate surface area is 118 Å². The average molecular weight is 273 g/mol. The van der Waals surface area contributed by atoms with Crippen molar-refractivity contribution in [2.45, 2.75) is 13.8 Å². The van der Waals surface area contributed by atoms with Gasteiger partial charge in [-0.3, -0.25) is 0 Å². The molecular formula is C15H19N3O2. The standard InChI is InChI=1S/C15H19N3O2/c1-5-19-12(3)10-20-15-16-14(18(4)17-15)13-8-6-7-11(2)9-13/h6-9H,3,5,10H2,1-2,4H3. The molecule has 0 saturated heterocycles. The molecule has 0 N–H and O–H groups in total. The molecule has 0 radical (unpaired) electrons. The van der Waals surface area contributed by atoms with Crippen molar-refractivity contribution >= 4 is 0 Å². The molecule has 106 valence electrons. The Balaban J connectivity index is 2.12. The molecule has 2 rings (SSSR count). The van der Waals surface area contributed by atoms with Gasteiger partial charge in [-0.25, -0.2) is 4.68 Å². The van der Waals surface area contributed by atoms with Crippen molar-refractivity contribution < 1.29 is 9.47 Å². The van der Waals surface area contributed by atoms with E-state index in [0.717, 1.165) is 11.4 Å². The van der Waals surface area contributed by atoms with Crippen LogP contribution in [0.5, 0.6) is 6.01 Å². The second-order valence-corrected chi connectivity index (χ2v) is 4.47. The Morgan fingerprint density at radius 2 is 2.20 bits per heavy atom. The van der Waals surface area contributed by atoms with Crippen LogP contribution in [0.3, 0.4) is 0 Å². The van der Waals surface area contributed by atoms with Gasteiger partial charge in [-0.2, -0.15) is 4.98 Å². The van der Waals surface area contributed by atoms with Crippen molar-refractivity contribution in [1.29, 1.82) is 0 Å². The zero-order valence-corrected chi connectivity index (χ0v) is 12.1. The first-order valence-electron chi connectivity index (χ1n) is 6.51. The largest absolute Gasteiger partial charge is 0.495 e. The summed E-state index contributed by atoms with van der Waals surface area (Å²) < 4.78 is 12.4. The summed E-state index contributed by atoms with van der Waals surface area (Å²) in [4.78, 5) is 4.39. The molecule has 0 aliphatic heterocycles. The lowest BCUT2D eigenvalue weighted by Gasteiger charge is -2.05. The molecular weight excluding hydrogens is 254 g/mol. The van der Waals surface area contributed by atoms with Gasteiger partial charge < -0.3 is 9.47 Å². The van der Waals surface area contributed by atoms with E-state index in [2.05, 4.69) is 22.7 Å². The van der Waals surface area contributed by atoms with Crippen LogP contribution >= 0.6 is 0 Å². The second-order valence-electron chi connectivity index (χ2n) is 4.47. The van der Waals surface area contributed by atoms with Gasteiger partial charge in [0.15, 0.2) is 5.82 Å². The Morgan fingerprint density at radius 1 is 1.40 bits per heavy atom. The van der Waals surface area contributed by atoms with Crippen molar-refractivity contribution in [1.82, 2.24) is 14.8 Å². The van der Waals surface area contributed by atoms with Crippen molar-refractivity contribution in [3.05, 3.63) is 42.2 Å². The molecule has 1 aromatic carbocycles. The minimum atomic E-state index is 0.255. The smallest absolute Gasteiger partial charge is 0.336 e. The minimum absolute atomic E-state index is 0.255. The first kappa shape index (κ1) is 14.1. The Bertz CT molecular complexity index is 605. The van der Waals surface area contributed by atoms with Gasteiger partial charge in [0.1, 0.15) is 12.4 Å². The van der Waals surface area contributed by atoms with Crippen LogP contribution in [0.1, 0.15) is 12.5 Å². The highest BCUT2D eigenvalue weighted by molar-refractivity contribution is 5.56. The third-order valence-electron chi connectivity index (χ3n) is 2.73. The maximum atomic E-state index is 5.47. The molecule has 0 amide bonds. The van der Waals surface area contributed by atoms with Crippen LogP contribution in [0.2, 0.25) is 0 Å². The lowest BCUT2D eigenvalue weighted by Crippen LogP contribution is -2.04. The lowest BCUT2D eigenvalue weighted by atomic mass is 10.1. The summed E-state index contributed by atoms with van der Waals surface area (Å²) in [5, 5.41) is 4.24. The van der Waals surface area contributed by atoms with Gasteiger partial charge in [0, 0.05) is 12.6 Å². The number of hydrogen-bond donors (Lipinski definition) is 0. The normalized spacial score (nSPS) is 10.3. The van der Waals surface area contributed by atoms with Gasteiger partial charge in [-0.1, -0.05) is 30.3 Å². The summed E-state index contributed by atoms with van der Waals surface area (Å²) >= 11 is 0. The Kier molecular flexibility index (Phi) is 4.40. The van der Waals surface area contributed by atoms with E-state index in [-0.39, 0.29) is 6.61 Å². The van der Waals surface area contributed by atoms with E-state index >= 15 is 0 Å². The Hall–Kier alpha value is -2.30. The van der Waals surface area contributed by atoms with Crippen molar-refractivity contribution in [2.75, 3.05) is 13.2 Å². The van der Waals surface area contributed by atoms with Gasteiger partial charge in [0.25, 0.3) is 0 Å². The van der Waals surface area contributed by atoms with Gasteiger partial charge in [-0.15, -0.1) is 5.10 Å². The molecule has 0 atom stereocenters. The van der Waals surface area contributed by atoms with E-state index in [1.807, 2.05) is 39.1 Å². The van der Waals surface area contributed by atoms with Gasteiger partial charge >= 0.3 is 6.01 Å². The van der Waals surface area contributed by atoms with Gasteiger partial charge in [0.2, 0.25) is 0 Å². The van der Waals surface area contributed by atoms with Crippen LogP contribution < -0.4 is 4.74 Å². The second kappa shape index (κ2) is 6.23. The van der Waals surface area contributed by atoms with Crippen LogP contribution in [0, 0.1) is 6.92 Å². The fraction of sp³-hybridized carbons (Fsp3) is 0.333. The van der Waals surface area contributed by atoms with Crippen molar-refractivity contribution in [2.24, 2.45) is 7.05 Å². The van der Waals surface area contributed by atoms with Crippen molar-refractivity contribution in [3.8, 4) is 17.4 Å². The van der Waals surface area contributed by atoms with Gasteiger partial charge in [0.05, 0.1) is 6.61 Å². The first-order chi connectivity index (χ1) is 9.60. The first-order valence-corrected chi connectivity index (χ1v) is 6.51. The number of benzene rings is 1. The summed E-state index contributed by atoms with van der Waals surface area (Å²) in [5.74, 6) is 1.34. The lowest BCUT2D eigenvalue weighted by molar-refractivity contribution is 0.176. The monoisotopic (exact) mass is 273 g/mol. The zero-order valence-electron chi connectivity index (χ0n) is 12.1. The molecule has 1 aromatic heterocycles. The van der Waals surface area contributed by atoms with E-state index in [1.54, 1.807) is 4.68 Å². The highest BCUT2D eigenvalue weighted by Crippen LogP contribution is 2.20. The number of rotatable bonds is 6. The Morgan fingerprint density at radius 3 is 2.90 bits per heavy atom. The topological polar surface area (TPSA) is 49.2 Å². The molecule has 0 fully saturated rings. The van der Waals surface area contributed by atoms with E-state index < -0.39 is 0 Å². The predicted octanol–water partition coefficient (Wildman–Crippen LogP) is 2.72. The SMILES string of the molecule is C=C(COc1nc(-c2cccc(C)c2)n(C)n1)OCC. The van der Waals surface area contributed by atoms with E-state index in [9.17, 15) is 0 Å². The number of hydrogen-bond acceptors (Lipinski definition) is 4.